The van der Waals surface area contributed by atoms with E-state index in [9.17, 15) is 5.11 Å². The first kappa shape index (κ1) is 27.2. The molecule has 4 heterocycles. The van der Waals surface area contributed by atoms with Crippen molar-refractivity contribution in [2.75, 3.05) is 49.7 Å². The molecule has 7 nitrogen and oxygen atoms in total. The number of likely N-dealkylation sites (N-methyl/N-ethyl adjacent to an activating group) is 1. The molecule has 8 heteroatoms. The first-order valence-electron chi connectivity index (χ1n) is 15.0. The third-order valence-corrected chi connectivity index (χ3v) is 10.3. The van der Waals surface area contributed by atoms with Crippen molar-refractivity contribution < 1.29 is 9.50 Å². The van der Waals surface area contributed by atoms with Crippen LogP contribution in [0.1, 0.15) is 32.8 Å². The Labute approximate surface area is 246 Å². The monoisotopic (exact) mass is 568 g/mol. The molecule has 0 amide bonds. The second-order valence-electron chi connectivity index (χ2n) is 13.9. The number of nitrogens with two attached hydrogens (primary N) is 1. The maximum Gasteiger partial charge on any atom is 0.157 e. The number of aromatic nitrogens is 1. The maximum atomic E-state index is 17.0. The van der Waals surface area contributed by atoms with Crippen molar-refractivity contribution in [3.8, 4) is 16.9 Å². The van der Waals surface area contributed by atoms with Gasteiger partial charge in [0, 0.05) is 48.2 Å². The quantitative estimate of drug-likeness (QED) is 0.245. The molecule has 4 aliphatic rings. The SMILES string of the molecule is Cc1cc2c(NC3C4CNC3(C(C)(C)C)C4)c(N)c(N3CC(N(C)C)C3)nc2c(F)c1-c1cc(O)cc2ccccc12. The molecule has 0 spiro atoms. The van der Waals surface area contributed by atoms with Gasteiger partial charge in [-0.2, -0.15) is 0 Å². The summed E-state index contributed by atoms with van der Waals surface area (Å²) >= 11 is 0. The second-order valence-corrected chi connectivity index (χ2v) is 13.9. The Morgan fingerprint density at radius 1 is 1.14 bits per heavy atom. The topological polar surface area (TPSA) is 89.7 Å². The molecular formula is C34H41FN6O. The molecule has 3 unspecified atom stereocenters. The van der Waals surface area contributed by atoms with E-state index in [4.69, 9.17) is 10.7 Å². The highest BCUT2D eigenvalue weighted by atomic mass is 19.1. The van der Waals surface area contributed by atoms with Crippen LogP contribution in [-0.2, 0) is 0 Å². The van der Waals surface area contributed by atoms with E-state index in [2.05, 4.69) is 55.3 Å². The molecule has 3 aliphatic heterocycles. The van der Waals surface area contributed by atoms with Gasteiger partial charge < -0.3 is 31.3 Å². The van der Waals surface area contributed by atoms with Crippen molar-refractivity contribution >= 4 is 38.9 Å². The molecule has 4 fully saturated rings. The van der Waals surface area contributed by atoms with E-state index in [1.54, 1.807) is 12.1 Å². The van der Waals surface area contributed by atoms with Gasteiger partial charge in [0.15, 0.2) is 11.6 Å². The average Bonchev–Trinajstić information content (AvgIpc) is 3.49. The number of halogens is 1. The van der Waals surface area contributed by atoms with Crippen LogP contribution in [0.25, 0.3) is 32.8 Å². The van der Waals surface area contributed by atoms with Gasteiger partial charge in [0.05, 0.1) is 11.4 Å². The first-order chi connectivity index (χ1) is 19.9. The number of phenolic OH excluding ortho intramolecular Hbond substituents is 1. The average molecular weight is 569 g/mol. The van der Waals surface area contributed by atoms with Crippen LogP contribution in [0.5, 0.6) is 5.75 Å². The summed E-state index contributed by atoms with van der Waals surface area (Å²) in [4.78, 5) is 9.30. The zero-order valence-electron chi connectivity index (χ0n) is 25.3. The molecule has 5 N–H and O–H groups in total. The number of nitrogen functional groups attached to an aromatic ring is 1. The van der Waals surface area contributed by atoms with Crippen LogP contribution >= 0.6 is 0 Å². The zero-order valence-corrected chi connectivity index (χ0v) is 25.3. The van der Waals surface area contributed by atoms with Crippen LogP contribution in [0.4, 0.5) is 21.6 Å². The smallest absolute Gasteiger partial charge is 0.157 e. The van der Waals surface area contributed by atoms with Crippen LogP contribution < -0.4 is 21.3 Å². The second kappa shape index (κ2) is 9.19. The normalized spacial score (nSPS) is 24.0. The fourth-order valence-electron chi connectivity index (χ4n) is 7.69. The van der Waals surface area contributed by atoms with E-state index in [0.717, 1.165) is 48.1 Å². The van der Waals surface area contributed by atoms with Crippen molar-refractivity contribution in [1.82, 2.24) is 15.2 Å². The minimum absolute atomic E-state index is 0.0409. The number of aromatic hydroxyl groups is 1. The van der Waals surface area contributed by atoms with Crippen molar-refractivity contribution in [3.63, 3.8) is 0 Å². The summed E-state index contributed by atoms with van der Waals surface area (Å²) in [5.74, 6) is 0.824. The van der Waals surface area contributed by atoms with Crippen LogP contribution in [0, 0.1) is 24.1 Å². The molecule has 1 aromatic heterocycles. The Morgan fingerprint density at radius 3 is 2.57 bits per heavy atom. The Kier molecular flexibility index (Phi) is 5.96. The van der Waals surface area contributed by atoms with Crippen LogP contribution in [0.2, 0.25) is 0 Å². The third-order valence-electron chi connectivity index (χ3n) is 10.3. The van der Waals surface area contributed by atoms with Gasteiger partial charge in [0.2, 0.25) is 0 Å². The molecule has 1 saturated carbocycles. The summed E-state index contributed by atoms with van der Waals surface area (Å²) in [5, 5.41) is 20.7. The zero-order chi connectivity index (χ0) is 29.7. The van der Waals surface area contributed by atoms with Crippen molar-refractivity contribution in [2.24, 2.45) is 11.3 Å². The lowest BCUT2D eigenvalue weighted by Crippen LogP contribution is -2.66. The van der Waals surface area contributed by atoms with Gasteiger partial charge in [0.25, 0.3) is 0 Å². The van der Waals surface area contributed by atoms with Gasteiger partial charge in [-0.3, -0.25) is 0 Å². The molecular weight excluding hydrogens is 527 g/mol. The van der Waals surface area contributed by atoms with E-state index in [-0.39, 0.29) is 22.7 Å². The number of nitrogens with zero attached hydrogens (tertiary/aromatic N) is 3. The van der Waals surface area contributed by atoms with Crippen molar-refractivity contribution in [3.05, 3.63) is 53.8 Å². The molecule has 8 rings (SSSR count). The van der Waals surface area contributed by atoms with Gasteiger partial charge in [-0.15, -0.1) is 0 Å². The number of phenols is 1. The van der Waals surface area contributed by atoms with Gasteiger partial charge >= 0.3 is 0 Å². The summed E-state index contributed by atoms with van der Waals surface area (Å²) in [6, 6.07) is 13.7. The number of rotatable bonds is 5. The molecule has 3 saturated heterocycles. The summed E-state index contributed by atoms with van der Waals surface area (Å²) < 4.78 is 17.0. The van der Waals surface area contributed by atoms with Gasteiger partial charge in [-0.25, -0.2) is 9.37 Å². The molecule has 1 aliphatic carbocycles. The Bertz CT molecular complexity index is 1740. The predicted molar refractivity (Wildman–Crippen MR) is 171 cm³/mol. The Balaban J connectivity index is 1.43. The lowest BCUT2D eigenvalue weighted by atomic mass is 9.56. The third kappa shape index (κ3) is 3.81. The number of aryl methyl sites for hydroxylation is 1. The fraction of sp³-hybridized carbons (Fsp3) is 0.441. The number of fused-ring (bicyclic) bond motifs is 3. The summed E-state index contributed by atoms with van der Waals surface area (Å²) in [5.41, 5.74) is 10.5. The highest BCUT2D eigenvalue weighted by Gasteiger charge is 2.64. The Hall–Kier alpha value is -3.62. The number of pyridine rings is 1. The van der Waals surface area contributed by atoms with Crippen LogP contribution in [0.3, 0.4) is 0 Å². The van der Waals surface area contributed by atoms with Crippen LogP contribution in [-0.4, -0.2) is 66.3 Å². The van der Waals surface area contributed by atoms with E-state index >= 15 is 4.39 Å². The van der Waals surface area contributed by atoms with E-state index in [1.165, 1.54) is 0 Å². The molecule has 3 atom stereocenters. The molecule has 3 aromatic carbocycles. The number of hydrogen-bond acceptors (Lipinski definition) is 7. The standard InChI is InChI=1S/C34H41FN6O/c1-18-11-25-29(27(35)26(18)24-13-22(42)12-19-9-7-8-10-23(19)24)39-32(41-16-21(17-41)40(5)6)28(36)30(25)38-31-20-14-34(31,37-15-20)33(2,3)4/h7-13,20-21,31,37,42H,14-17,36H2,1-6H3,(H,38,39). The van der Waals surface area contributed by atoms with E-state index < -0.39 is 5.82 Å². The molecule has 4 aromatic rings. The largest absolute Gasteiger partial charge is 0.508 e. The predicted octanol–water partition coefficient (Wildman–Crippen LogP) is 5.73. The Morgan fingerprint density at radius 2 is 1.88 bits per heavy atom. The van der Waals surface area contributed by atoms with E-state index in [0.29, 0.717) is 45.5 Å². The minimum atomic E-state index is -0.394. The van der Waals surface area contributed by atoms with Crippen molar-refractivity contribution in [2.45, 2.75) is 51.7 Å². The van der Waals surface area contributed by atoms with Gasteiger partial charge in [0.1, 0.15) is 11.3 Å². The van der Waals surface area contributed by atoms with Crippen LogP contribution in [0.15, 0.2) is 42.5 Å². The lowest BCUT2D eigenvalue weighted by molar-refractivity contribution is 0.0638. The lowest BCUT2D eigenvalue weighted by Gasteiger charge is -2.55. The summed E-state index contributed by atoms with van der Waals surface area (Å²) in [7, 11) is 4.15. The van der Waals surface area contributed by atoms with Gasteiger partial charge in [-0.1, -0.05) is 45.0 Å². The van der Waals surface area contributed by atoms with Crippen molar-refractivity contribution in [1.29, 1.82) is 0 Å². The highest BCUT2D eigenvalue weighted by Crippen LogP contribution is 2.55. The van der Waals surface area contributed by atoms with E-state index in [1.807, 2.05) is 37.3 Å². The summed E-state index contributed by atoms with van der Waals surface area (Å²) in [6.07, 6.45) is 1.11. The first-order valence-corrected chi connectivity index (χ1v) is 15.0. The number of benzene rings is 3. The number of nitrogens with one attached hydrogen (secondary N) is 2. The molecule has 2 bridgehead atoms. The summed E-state index contributed by atoms with van der Waals surface area (Å²) in [6.45, 7) is 11.3. The van der Waals surface area contributed by atoms with Gasteiger partial charge in [-0.05, 0) is 78.9 Å². The molecule has 220 valence electrons. The molecule has 42 heavy (non-hydrogen) atoms. The fourth-order valence-corrected chi connectivity index (χ4v) is 7.69. The number of anilines is 3. The minimum Gasteiger partial charge on any atom is -0.508 e. The maximum absolute atomic E-state index is 17.0. The highest BCUT2D eigenvalue weighted by molar-refractivity contribution is 6.06. The molecule has 0 radical (unpaired) electrons. The number of hydrogen-bond donors (Lipinski definition) is 4.